The van der Waals surface area contributed by atoms with E-state index in [4.69, 9.17) is 5.73 Å². The third-order valence-electron chi connectivity index (χ3n) is 3.58. The first-order valence-electron chi connectivity index (χ1n) is 7.44. The lowest BCUT2D eigenvalue weighted by atomic mass is 10.1. The molecule has 0 unspecified atom stereocenters. The SMILES string of the molecule is Nc1cc(C#Cc2cnn3ccc(-c4cc[c]cc4F)nc23)ccn1. The zero-order valence-electron chi connectivity index (χ0n) is 12.9. The number of nitrogen functional groups attached to an aromatic ring is 1. The molecule has 1 radical (unpaired) electrons. The van der Waals surface area contributed by atoms with Gasteiger partial charge in [0.15, 0.2) is 5.65 Å². The maximum Gasteiger partial charge on any atom is 0.171 e. The average molecular weight is 328 g/mol. The number of nitrogens with two attached hydrogens (primary N) is 1. The summed E-state index contributed by atoms with van der Waals surface area (Å²) in [6, 6.07) is 12.4. The minimum absolute atomic E-state index is 0.376. The van der Waals surface area contributed by atoms with Crippen molar-refractivity contribution in [2.45, 2.75) is 0 Å². The maximum atomic E-state index is 14.0. The van der Waals surface area contributed by atoms with Gasteiger partial charge in [-0.2, -0.15) is 5.10 Å². The lowest BCUT2D eigenvalue weighted by Gasteiger charge is -2.02. The van der Waals surface area contributed by atoms with Gasteiger partial charge in [-0.1, -0.05) is 17.9 Å². The third-order valence-corrected chi connectivity index (χ3v) is 3.58. The summed E-state index contributed by atoms with van der Waals surface area (Å²) in [4.78, 5) is 8.43. The molecule has 0 aliphatic heterocycles. The van der Waals surface area contributed by atoms with Gasteiger partial charge in [-0.15, -0.1) is 0 Å². The van der Waals surface area contributed by atoms with E-state index in [2.05, 4.69) is 33.0 Å². The number of pyridine rings is 1. The quantitative estimate of drug-likeness (QED) is 0.546. The molecule has 0 fully saturated rings. The van der Waals surface area contributed by atoms with Crippen LogP contribution in [-0.2, 0) is 0 Å². The highest BCUT2D eigenvalue weighted by Crippen LogP contribution is 2.21. The predicted molar refractivity (Wildman–Crippen MR) is 91.8 cm³/mol. The molecule has 4 aromatic rings. The number of halogens is 1. The minimum atomic E-state index is -0.376. The van der Waals surface area contributed by atoms with E-state index < -0.39 is 0 Å². The molecule has 3 heterocycles. The van der Waals surface area contributed by atoms with E-state index in [1.54, 1.807) is 53.4 Å². The summed E-state index contributed by atoms with van der Waals surface area (Å²) < 4.78 is 15.6. The molecule has 5 nitrogen and oxygen atoms in total. The predicted octanol–water partition coefficient (Wildman–Crippen LogP) is 2.71. The Morgan fingerprint density at radius 1 is 1.20 bits per heavy atom. The van der Waals surface area contributed by atoms with Crippen LogP contribution in [0.25, 0.3) is 16.9 Å². The van der Waals surface area contributed by atoms with E-state index >= 15 is 0 Å². The molecule has 6 heteroatoms. The van der Waals surface area contributed by atoms with E-state index in [0.29, 0.717) is 28.3 Å². The fraction of sp³-hybridized carbons (Fsp3) is 0. The van der Waals surface area contributed by atoms with Crippen LogP contribution in [0, 0.1) is 23.7 Å². The van der Waals surface area contributed by atoms with Gasteiger partial charge in [-0.3, -0.25) is 0 Å². The molecule has 25 heavy (non-hydrogen) atoms. The van der Waals surface area contributed by atoms with Gasteiger partial charge in [0.05, 0.1) is 17.5 Å². The molecule has 0 atom stereocenters. The zero-order valence-corrected chi connectivity index (χ0v) is 12.9. The maximum absolute atomic E-state index is 14.0. The Hall–Kier alpha value is -3.72. The molecule has 3 aromatic heterocycles. The van der Waals surface area contributed by atoms with Crippen molar-refractivity contribution in [2.75, 3.05) is 5.73 Å². The van der Waals surface area contributed by atoms with Gasteiger partial charge >= 0.3 is 0 Å². The topological polar surface area (TPSA) is 69.1 Å². The number of fused-ring (bicyclic) bond motifs is 1. The molecule has 119 valence electrons. The fourth-order valence-corrected chi connectivity index (χ4v) is 2.39. The summed E-state index contributed by atoms with van der Waals surface area (Å²) in [7, 11) is 0. The summed E-state index contributed by atoms with van der Waals surface area (Å²) in [5.74, 6) is 6.06. The molecule has 0 spiro atoms. The second kappa shape index (κ2) is 6.06. The molecular weight excluding hydrogens is 317 g/mol. The molecule has 0 saturated carbocycles. The lowest BCUT2D eigenvalue weighted by Crippen LogP contribution is -1.94. The van der Waals surface area contributed by atoms with Gasteiger partial charge in [0.2, 0.25) is 0 Å². The van der Waals surface area contributed by atoms with Crippen LogP contribution in [0.15, 0.2) is 55.0 Å². The molecule has 0 saturated heterocycles. The van der Waals surface area contributed by atoms with Crippen molar-refractivity contribution in [3.05, 3.63) is 78.0 Å². The minimum Gasteiger partial charge on any atom is -0.384 e. The van der Waals surface area contributed by atoms with Crippen molar-refractivity contribution in [1.29, 1.82) is 0 Å². The smallest absolute Gasteiger partial charge is 0.171 e. The van der Waals surface area contributed by atoms with Gasteiger partial charge in [0.25, 0.3) is 0 Å². The monoisotopic (exact) mass is 328 g/mol. The van der Waals surface area contributed by atoms with Gasteiger partial charge < -0.3 is 5.73 Å². The van der Waals surface area contributed by atoms with Crippen molar-refractivity contribution < 1.29 is 4.39 Å². The lowest BCUT2D eigenvalue weighted by molar-refractivity contribution is 0.630. The second-order valence-corrected chi connectivity index (χ2v) is 5.26. The number of nitrogens with zero attached hydrogens (tertiary/aromatic N) is 4. The van der Waals surface area contributed by atoms with Crippen LogP contribution in [0.5, 0.6) is 0 Å². The van der Waals surface area contributed by atoms with E-state index in [1.807, 2.05) is 0 Å². The molecule has 0 aliphatic carbocycles. The second-order valence-electron chi connectivity index (χ2n) is 5.26. The molecule has 4 rings (SSSR count). The Balaban J connectivity index is 1.79. The van der Waals surface area contributed by atoms with Crippen LogP contribution in [0.2, 0.25) is 0 Å². The highest BCUT2D eigenvalue weighted by molar-refractivity contribution is 5.65. The molecule has 0 aliphatic rings. The zero-order chi connectivity index (χ0) is 17.2. The van der Waals surface area contributed by atoms with Crippen LogP contribution in [0.1, 0.15) is 11.1 Å². The number of rotatable bonds is 1. The van der Waals surface area contributed by atoms with E-state index in [1.165, 1.54) is 6.07 Å². The van der Waals surface area contributed by atoms with Gasteiger partial charge in [0.1, 0.15) is 11.6 Å². The summed E-state index contributed by atoms with van der Waals surface area (Å²) in [6.07, 6.45) is 4.95. The van der Waals surface area contributed by atoms with Crippen molar-refractivity contribution in [2.24, 2.45) is 0 Å². The van der Waals surface area contributed by atoms with Crippen LogP contribution in [0.3, 0.4) is 0 Å². The first kappa shape index (κ1) is 14.8. The molecule has 1 aromatic carbocycles. The van der Waals surface area contributed by atoms with E-state index in [9.17, 15) is 4.39 Å². The number of anilines is 1. The van der Waals surface area contributed by atoms with E-state index in [-0.39, 0.29) is 5.82 Å². The number of hydrogen-bond acceptors (Lipinski definition) is 4. The highest BCUT2D eigenvalue weighted by atomic mass is 19.1. The van der Waals surface area contributed by atoms with Gasteiger partial charge in [-0.25, -0.2) is 18.9 Å². The highest BCUT2D eigenvalue weighted by Gasteiger charge is 2.09. The Morgan fingerprint density at radius 2 is 2.12 bits per heavy atom. The van der Waals surface area contributed by atoms with Gasteiger partial charge in [0, 0.05) is 23.5 Å². The van der Waals surface area contributed by atoms with E-state index in [0.717, 1.165) is 5.56 Å². The normalized spacial score (nSPS) is 10.4. The number of hydrogen-bond donors (Lipinski definition) is 1. The van der Waals surface area contributed by atoms with Crippen LogP contribution >= 0.6 is 0 Å². The molecular formula is C19H11FN5. The Kier molecular flexibility index (Phi) is 3.60. The van der Waals surface area contributed by atoms with Gasteiger partial charge in [-0.05, 0) is 36.4 Å². The third kappa shape index (κ3) is 2.91. The average Bonchev–Trinajstić information content (AvgIpc) is 3.03. The van der Waals surface area contributed by atoms with Crippen molar-refractivity contribution in [1.82, 2.24) is 19.6 Å². The number of aromatic nitrogens is 4. The Bertz CT molecular complexity index is 1140. The van der Waals surface area contributed by atoms with Crippen LogP contribution < -0.4 is 5.73 Å². The van der Waals surface area contributed by atoms with Crippen molar-refractivity contribution in [3.8, 4) is 23.1 Å². The van der Waals surface area contributed by atoms with Crippen molar-refractivity contribution in [3.63, 3.8) is 0 Å². The number of benzene rings is 1. The summed E-state index contributed by atoms with van der Waals surface area (Å²) in [6.45, 7) is 0. The Morgan fingerprint density at radius 3 is 2.96 bits per heavy atom. The summed E-state index contributed by atoms with van der Waals surface area (Å²) >= 11 is 0. The summed E-state index contributed by atoms with van der Waals surface area (Å²) in [5.41, 5.74) is 8.50. The molecule has 2 N–H and O–H groups in total. The van der Waals surface area contributed by atoms with Crippen molar-refractivity contribution >= 4 is 11.5 Å². The molecule has 0 amide bonds. The standard InChI is InChI=1S/C19H11FN5/c20-16-4-2-1-3-15(16)17-8-10-25-19(24-17)14(12-23-25)6-5-13-7-9-22-18(21)11-13/h1,3-4,7-12H,(H2,21,22). The van der Waals surface area contributed by atoms with Crippen LogP contribution in [-0.4, -0.2) is 19.6 Å². The Labute approximate surface area is 143 Å². The first-order valence-corrected chi connectivity index (χ1v) is 7.44. The largest absolute Gasteiger partial charge is 0.384 e. The van der Waals surface area contributed by atoms with Crippen LogP contribution in [0.4, 0.5) is 10.2 Å². The molecule has 0 bridgehead atoms. The summed E-state index contributed by atoms with van der Waals surface area (Å²) in [5, 5.41) is 4.22. The first-order chi connectivity index (χ1) is 12.2. The fourth-order valence-electron chi connectivity index (χ4n) is 2.39.